The third kappa shape index (κ3) is 7.62. The average molecular weight is 325 g/mol. The molecule has 1 unspecified atom stereocenters. The van der Waals surface area contributed by atoms with E-state index in [2.05, 4.69) is 5.32 Å². The van der Waals surface area contributed by atoms with Crippen LogP contribution in [0, 0.1) is 0 Å². The Morgan fingerprint density at radius 3 is 2.43 bits per heavy atom. The fourth-order valence-electron chi connectivity index (χ4n) is 1.80. The molecule has 0 aliphatic rings. The molecule has 2 N–H and O–H groups in total. The molecule has 1 amide bonds. The van der Waals surface area contributed by atoms with Crippen LogP contribution < -0.4 is 5.32 Å². The first-order valence-corrected chi connectivity index (χ1v) is 7.50. The van der Waals surface area contributed by atoms with Crippen molar-refractivity contribution < 1.29 is 28.9 Å². The molecule has 23 heavy (non-hydrogen) atoms. The summed E-state index contributed by atoms with van der Waals surface area (Å²) >= 11 is 0. The monoisotopic (exact) mass is 325 g/mol. The lowest BCUT2D eigenvalue weighted by molar-refractivity contribution is -0.155. The largest absolute Gasteiger partial charge is 0.464 e. The van der Waals surface area contributed by atoms with E-state index in [0.717, 1.165) is 5.56 Å². The first-order valence-electron chi connectivity index (χ1n) is 7.50. The van der Waals surface area contributed by atoms with E-state index < -0.39 is 24.4 Å². The number of rotatable bonds is 9. The lowest BCUT2D eigenvalue weighted by Gasteiger charge is -2.20. The second kappa shape index (κ2) is 10.6. The maximum atomic E-state index is 11.8. The van der Waals surface area contributed by atoms with Gasteiger partial charge in [0.1, 0.15) is 12.8 Å². The van der Waals surface area contributed by atoms with E-state index in [4.69, 9.17) is 14.2 Å². The van der Waals surface area contributed by atoms with Gasteiger partial charge in [-0.1, -0.05) is 30.3 Å². The van der Waals surface area contributed by atoms with Gasteiger partial charge in [-0.3, -0.25) is 5.32 Å². The van der Waals surface area contributed by atoms with Crippen molar-refractivity contribution in [1.82, 2.24) is 5.32 Å². The van der Waals surface area contributed by atoms with Crippen LogP contribution in [0.15, 0.2) is 30.3 Å². The third-order valence-electron chi connectivity index (χ3n) is 2.86. The molecule has 1 aromatic rings. The number of alkyl carbamates (subject to hydrolysis) is 1. The zero-order valence-electron chi connectivity index (χ0n) is 13.4. The number of esters is 1. The molecule has 128 valence electrons. The van der Waals surface area contributed by atoms with Crippen molar-refractivity contribution in [3.63, 3.8) is 0 Å². The van der Waals surface area contributed by atoms with Gasteiger partial charge in [-0.15, -0.1) is 0 Å². The average Bonchev–Trinajstić information content (AvgIpc) is 2.54. The lowest BCUT2D eigenvalue weighted by Crippen LogP contribution is -2.41. The minimum atomic E-state index is -1.37. The second-order valence-corrected chi connectivity index (χ2v) is 4.65. The number of aliphatic hydroxyl groups is 1. The van der Waals surface area contributed by atoms with E-state index in [1.54, 1.807) is 13.8 Å². The zero-order chi connectivity index (χ0) is 17.1. The molecule has 2 atom stereocenters. The Hall–Kier alpha value is -2.12. The molecule has 0 radical (unpaired) electrons. The number of ether oxygens (including phenoxy) is 3. The fourth-order valence-corrected chi connectivity index (χ4v) is 1.80. The van der Waals surface area contributed by atoms with Crippen molar-refractivity contribution in [2.75, 3.05) is 13.2 Å². The van der Waals surface area contributed by atoms with Gasteiger partial charge in [0, 0.05) is 13.0 Å². The summed E-state index contributed by atoms with van der Waals surface area (Å²) in [7, 11) is 0. The molecular weight excluding hydrogens is 302 g/mol. The molecule has 1 aromatic carbocycles. The van der Waals surface area contributed by atoms with Crippen LogP contribution in [0.2, 0.25) is 0 Å². The summed E-state index contributed by atoms with van der Waals surface area (Å²) in [5.74, 6) is -0.753. The number of amides is 1. The molecule has 0 aliphatic heterocycles. The lowest BCUT2D eigenvalue weighted by atomic mass is 10.2. The summed E-state index contributed by atoms with van der Waals surface area (Å²) in [6, 6.07) is 9.21. The van der Waals surface area contributed by atoms with E-state index in [9.17, 15) is 14.7 Å². The molecule has 0 fully saturated rings. The number of aliphatic hydroxyl groups excluding tert-OH is 1. The Morgan fingerprint density at radius 1 is 1.13 bits per heavy atom. The number of benzene rings is 1. The second-order valence-electron chi connectivity index (χ2n) is 4.65. The number of nitrogens with one attached hydrogen (secondary N) is 1. The Balaban J connectivity index is 2.44. The van der Waals surface area contributed by atoms with E-state index in [1.165, 1.54) is 0 Å². The highest BCUT2D eigenvalue weighted by Crippen LogP contribution is 2.05. The van der Waals surface area contributed by atoms with Crippen LogP contribution in [0.5, 0.6) is 0 Å². The Labute approximate surface area is 135 Å². The van der Waals surface area contributed by atoms with Crippen molar-refractivity contribution in [2.45, 2.75) is 39.2 Å². The van der Waals surface area contributed by atoms with Crippen molar-refractivity contribution in [2.24, 2.45) is 0 Å². The van der Waals surface area contributed by atoms with Gasteiger partial charge in [-0.25, -0.2) is 9.59 Å². The normalized spacial score (nSPS) is 13.0. The van der Waals surface area contributed by atoms with Crippen LogP contribution >= 0.6 is 0 Å². The van der Waals surface area contributed by atoms with E-state index in [0.29, 0.717) is 6.61 Å². The number of hydrogen-bond donors (Lipinski definition) is 2. The van der Waals surface area contributed by atoms with E-state index >= 15 is 0 Å². The van der Waals surface area contributed by atoms with Gasteiger partial charge < -0.3 is 19.3 Å². The highest BCUT2D eigenvalue weighted by molar-refractivity contribution is 5.74. The van der Waals surface area contributed by atoms with Gasteiger partial charge in [-0.05, 0) is 19.4 Å². The van der Waals surface area contributed by atoms with Crippen LogP contribution in [-0.2, 0) is 25.6 Å². The molecule has 0 heterocycles. The molecule has 0 aliphatic carbocycles. The number of carbonyl (C=O) groups excluding carboxylic acids is 2. The number of carbonyl (C=O) groups is 2. The van der Waals surface area contributed by atoms with Gasteiger partial charge in [0.25, 0.3) is 0 Å². The summed E-state index contributed by atoms with van der Waals surface area (Å²) in [6.07, 6.45) is -3.03. The van der Waals surface area contributed by atoms with E-state index in [1.807, 2.05) is 30.3 Å². The molecular formula is C16H23NO6. The molecule has 7 nitrogen and oxygen atoms in total. The summed E-state index contributed by atoms with van der Waals surface area (Å²) < 4.78 is 15.1. The maximum Gasteiger partial charge on any atom is 0.409 e. The molecule has 7 heteroatoms. The van der Waals surface area contributed by atoms with E-state index in [-0.39, 0.29) is 19.6 Å². The van der Waals surface area contributed by atoms with Gasteiger partial charge in [0.05, 0.1) is 6.61 Å². The first kappa shape index (κ1) is 18.9. The van der Waals surface area contributed by atoms with Gasteiger partial charge in [0.15, 0.2) is 6.10 Å². The first-order chi connectivity index (χ1) is 11.1. The van der Waals surface area contributed by atoms with Crippen molar-refractivity contribution >= 4 is 12.1 Å². The van der Waals surface area contributed by atoms with Crippen LogP contribution in [0.25, 0.3) is 0 Å². The molecule has 0 saturated carbocycles. The van der Waals surface area contributed by atoms with Crippen LogP contribution in [0.1, 0.15) is 25.8 Å². The standard InChI is InChI=1S/C16H23NO6/c1-3-21-14(10-13(18)15(19)22-4-2)17-16(20)23-11-12-8-6-5-7-9-12/h5-9,13-14,18H,3-4,10-11H2,1-2H3,(H,17,20)/t13-,14?/m0/s1. The minimum Gasteiger partial charge on any atom is -0.464 e. The maximum absolute atomic E-state index is 11.8. The predicted molar refractivity (Wildman–Crippen MR) is 82.4 cm³/mol. The van der Waals surface area contributed by atoms with Crippen molar-refractivity contribution in [1.29, 1.82) is 0 Å². The minimum absolute atomic E-state index is 0.117. The molecule has 0 spiro atoms. The zero-order valence-corrected chi connectivity index (χ0v) is 13.4. The van der Waals surface area contributed by atoms with Crippen molar-refractivity contribution in [3.8, 4) is 0 Å². The quantitative estimate of drug-likeness (QED) is 0.529. The third-order valence-corrected chi connectivity index (χ3v) is 2.86. The number of hydrogen-bond acceptors (Lipinski definition) is 6. The molecule has 0 saturated heterocycles. The van der Waals surface area contributed by atoms with Gasteiger partial charge >= 0.3 is 12.1 Å². The smallest absolute Gasteiger partial charge is 0.409 e. The predicted octanol–water partition coefficient (Wildman–Crippen LogP) is 1.59. The molecule has 0 aromatic heterocycles. The van der Waals surface area contributed by atoms with Crippen LogP contribution in [0.3, 0.4) is 0 Å². The fraction of sp³-hybridized carbons (Fsp3) is 0.500. The Morgan fingerprint density at radius 2 is 1.83 bits per heavy atom. The van der Waals surface area contributed by atoms with Crippen LogP contribution in [-0.4, -0.2) is 42.7 Å². The summed E-state index contributed by atoms with van der Waals surface area (Å²) in [6.45, 7) is 3.97. The Bertz CT molecular complexity index is 479. The van der Waals surface area contributed by atoms with Crippen LogP contribution in [0.4, 0.5) is 4.79 Å². The highest BCUT2D eigenvalue weighted by atomic mass is 16.6. The van der Waals surface area contributed by atoms with Crippen molar-refractivity contribution in [3.05, 3.63) is 35.9 Å². The Kier molecular flexibility index (Phi) is 8.71. The topological polar surface area (TPSA) is 94.1 Å². The molecule has 1 rings (SSSR count). The summed E-state index contributed by atoms with van der Waals surface area (Å²) in [5.41, 5.74) is 0.849. The van der Waals surface area contributed by atoms with Gasteiger partial charge in [0.2, 0.25) is 0 Å². The highest BCUT2D eigenvalue weighted by Gasteiger charge is 2.23. The summed E-state index contributed by atoms with van der Waals surface area (Å²) in [4.78, 5) is 23.2. The SMILES string of the molecule is CCOC(=O)[C@@H](O)CC(NC(=O)OCc1ccccc1)OCC. The molecule has 0 bridgehead atoms. The van der Waals surface area contributed by atoms with Gasteiger partial charge in [-0.2, -0.15) is 0 Å². The summed E-state index contributed by atoms with van der Waals surface area (Å²) in [5, 5.41) is 12.2.